The van der Waals surface area contributed by atoms with Crippen LogP contribution >= 0.6 is 0 Å². The second kappa shape index (κ2) is 6.78. The predicted molar refractivity (Wildman–Crippen MR) is 56.3 cm³/mol. The van der Waals surface area contributed by atoms with Gasteiger partial charge in [0.25, 0.3) is 0 Å². The lowest BCUT2D eigenvalue weighted by Crippen LogP contribution is -2.25. The zero-order chi connectivity index (χ0) is 10.9. The van der Waals surface area contributed by atoms with Gasteiger partial charge in [0, 0.05) is 31.4 Å². The van der Waals surface area contributed by atoms with Crippen molar-refractivity contribution in [3.63, 3.8) is 0 Å². The molecular weight excluding hydrogens is 194 g/mol. The van der Waals surface area contributed by atoms with E-state index < -0.39 is 6.09 Å². The number of nitrogens with one attached hydrogen (secondary N) is 1. The molecule has 0 aromatic carbocycles. The summed E-state index contributed by atoms with van der Waals surface area (Å²) in [4.78, 5) is 14.4. The van der Waals surface area contributed by atoms with Gasteiger partial charge in [0.1, 0.15) is 6.61 Å². The maximum Gasteiger partial charge on any atom is 0.404 e. The average Bonchev–Trinajstić information content (AvgIpc) is 2.24. The van der Waals surface area contributed by atoms with E-state index in [4.69, 9.17) is 5.73 Å². The molecule has 0 aliphatic rings. The fraction of sp³-hybridized carbons (Fsp3) is 0.400. The molecule has 3 N–H and O–H groups in total. The van der Waals surface area contributed by atoms with Crippen molar-refractivity contribution in [1.82, 2.24) is 10.3 Å². The summed E-state index contributed by atoms with van der Waals surface area (Å²) in [5.74, 6) is 0. The SMILES string of the molecule is NC(=O)OCCNCCc1ccccn1. The van der Waals surface area contributed by atoms with Crippen LogP contribution in [0.5, 0.6) is 0 Å². The minimum atomic E-state index is -0.735. The first-order chi connectivity index (χ1) is 7.29. The van der Waals surface area contributed by atoms with Crippen LogP contribution in [0.1, 0.15) is 5.69 Å². The third kappa shape index (κ3) is 5.64. The van der Waals surface area contributed by atoms with Crippen LogP contribution in [0.25, 0.3) is 0 Å². The van der Waals surface area contributed by atoms with Crippen molar-refractivity contribution in [2.45, 2.75) is 6.42 Å². The molecule has 5 heteroatoms. The number of carbonyl (C=O) groups is 1. The molecular formula is C10H15N3O2. The maximum atomic E-state index is 10.2. The summed E-state index contributed by atoms with van der Waals surface area (Å²) in [6.45, 7) is 1.71. The molecule has 0 fully saturated rings. The second-order valence-corrected chi connectivity index (χ2v) is 2.99. The fourth-order valence-electron chi connectivity index (χ4n) is 1.11. The Kier molecular flexibility index (Phi) is 5.18. The molecule has 0 spiro atoms. The van der Waals surface area contributed by atoms with E-state index in [0.717, 1.165) is 18.7 Å². The van der Waals surface area contributed by atoms with Gasteiger partial charge in [0.2, 0.25) is 0 Å². The van der Waals surface area contributed by atoms with E-state index in [-0.39, 0.29) is 0 Å². The zero-order valence-electron chi connectivity index (χ0n) is 8.48. The van der Waals surface area contributed by atoms with E-state index in [1.165, 1.54) is 0 Å². The van der Waals surface area contributed by atoms with Crippen LogP contribution in [0, 0.1) is 0 Å². The number of hydrogen-bond donors (Lipinski definition) is 2. The molecule has 1 rings (SSSR count). The summed E-state index contributed by atoms with van der Waals surface area (Å²) in [7, 11) is 0. The lowest BCUT2D eigenvalue weighted by Gasteiger charge is -2.04. The van der Waals surface area contributed by atoms with Crippen molar-refractivity contribution in [1.29, 1.82) is 0 Å². The number of hydrogen-bond acceptors (Lipinski definition) is 4. The van der Waals surface area contributed by atoms with Gasteiger partial charge in [-0.1, -0.05) is 6.07 Å². The average molecular weight is 209 g/mol. The van der Waals surface area contributed by atoms with Crippen LogP contribution in [0.4, 0.5) is 4.79 Å². The highest BCUT2D eigenvalue weighted by Crippen LogP contribution is 1.92. The molecule has 0 unspecified atom stereocenters. The van der Waals surface area contributed by atoms with Crippen molar-refractivity contribution in [2.75, 3.05) is 19.7 Å². The molecule has 0 aliphatic carbocycles. The van der Waals surface area contributed by atoms with Gasteiger partial charge in [-0.15, -0.1) is 0 Å². The maximum absolute atomic E-state index is 10.2. The molecule has 0 aliphatic heterocycles. The Labute approximate surface area is 88.6 Å². The van der Waals surface area contributed by atoms with E-state index in [1.54, 1.807) is 6.20 Å². The first-order valence-corrected chi connectivity index (χ1v) is 4.82. The van der Waals surface area contributed by atoms with Crippen molar-refractivity contribution < 1.29 is 9.53 Å². The van der Waals surface area contributed by atoms with Gasteiger partial charge in [-0.3, -0.25) is 4.98 Å². The van der Waals surface area contributed by atoms with Crippen LogP contribution in [-0.2, 0) is 11.2 Å². The quantitative estimate of drug-likeness (QED) is 0.661. The Morgan fingerprint density at radius 1 is 1.47 bits per heavy atom. The van der Waals surface area contributed by atoms with Crippen molar-refractivity contribution in [3.8, 4) is 0 Å². The number of carbonyl (C=O) groups excluding carboxylic acids is 1. The van der Waals surface area contributed by atoms with E-state index in [2.05, 4.69) is 15.0 Å². The van der Waals surface area contributed by atoms with Crippen LogP contribution < -0.4 is 11.1 Å². The summed E-state index contributed by atoms with van der Waals surface area (Å²) in [6.07, 6.45) is 1.89. The highest BCUT2D eigenvalue weighted by atomic mass is 16.5. The molecule has 0 saturated carbocycles. The highest BCUT2D eigenvalue weighted by Gasteiger charge is 1.94. The Balaban J connectivity index is 2.00. The van der Waals surface area contributed by atoms with E-state index in [1.807, 2.05) is 18.2 Å². The number of pyridine rings is 1. The summed E-state index contributed by atoms with van der Waals surface area (Å²) in [5, 5.41) is 3.12. The fourth-order valence-corrected chi connectivity index (χ4v) is 1.11. The predicted octanol–water partition coefficient (Wildman–Crippen LogP) is 0.309. The third-order valence-electron chi connectivity index (χ3n) is 1.81. The number of nitrogens with zero attached hydrogens (tertiary/aromatic N) is 1. The van der Waals surface area contributed by atoms with Gasteiger partial charge in [-0.25, -0.2) is 4.79 Å². The Morgan fingerprint density at radius 2 is 2.33 bits per heavy atom. The summed E-state index contributed by atoms with van der Waals surface area (Å²) in [6, 6.07) is 5.82. The molecule has 1 heterocycles. The Morgan fingerprint density at radius 3 is 3.00 bits per heavy atom. The number of aromatic nitrogens is 1. The molecule has 5 nitrogen and oxygen atoms in total. The first kappa shape index (κ1) is 11.5. The Bertz CT molecular complexity index is 290. The van der Waals surface area contributed by atoms with Crippen LogP contribution in [0.15, 0.2) is 24.4 Å². The molecule has 1 aromatic heterocycles. The number of rotatable bonds is 6. The third-order valence-corrected chi connectivity index (χ3v) is 1.81. The minimum Gasteiger partial charge on any atom is -0.448 e. The number of ether oxygens (including phenoxy) is 1. The van der Waals surface area contributed by atoms with E-state index in [0.29, 0.717) is 13.2 Å². The van der Waals surface area contributed by atoms with E-state index in [9.17, 15) is 4.79 Å². The normalized spacial score (nSPS) is 9.87. The van der Waals surface area contributed by atoms with Gasteiger partial charge in [0.05, 0.1) is 0 Å². The van der Waals surface area contributed by atoms with Gasteiger partial charge < -0.3 is 15.8 Å². The van der Waals surface area contributed by atoms with Crippen LogP contribution in [-0.4, -0.2) is 30.8 Å². The summed E-state index contributed by atoms with van der Waals surface area (Å²) >= 11 is 0. The van der Waals surface area contributed by atoms with Crippen LogP contribution in [0.2, 0.25) is 0 Å². The molecule has 0 atom stereocenters. The number of primary amides is 1. The molecule has 0 saturated heterocycles. The molecule has 0 bridgehead atoms. The summed E-state index contributed by atoms with van der Waals surface area (Å²) < 4.78 is 4.55. The topological polar surface area (TPSA) is 77.2 Å². The second-order valence-electron chi connectivity index (χ2n) is 2.99. The number of amides is 1. The monoisotopic (exact) mass is 209 g/mol. The van der Waals surface area contributed by atoms with Gasteiger partial charge in [0.15, 0.2) is 0 Å². The van der Waals surface area contributed by atoms with Crippen molar-refractivity contribution in [3.05, 3.63) is 30.1 Å². The smallest absolute Gasteiger partial charge is 0.404 e. The molecule has 15 heavy (non-hydrogen) atoms. The number of nitrogens with two attached hydrogens (primary N) is 1. The van der Waals surface area contributed by atoms with Gasteiger partial charge in [-0.2, -0.15) is 0 Å². The zero-order valence-corrected chi connectivity index (χ0v) is 8.48. The van der Waals surface area contributed by atoms with Gasteiger partial charge >= 0.3 is 6.09 Å². The summed E-state index contributed by atoms with van der Waals surface area (Å²) in [5.41, 5.74) is 5.84. The van der Waals surface area contributed by atoms with Gasteiger partial charge in [-0.05, 0) is 12.1 Å². The lowest BCUT2D eigenvalue weighted by molar-refractivity contribution is 0.157. The van der Waals surface area contributed by atoms with Crippen molar-refractivity contribution in [2.24, 2.45) is 5.73 Å². The first-order valence-electron chi connectivity index (χ1n) is 4.82. The van der Waals surface area contributed by atoms with E-state index >= 15 is 0 Å². The highest BCUT2D eigenvalue weighted by molar-refractivity contribution is 5.64. The van der Waals surface area contributed by atoms with Crippen LogP contribution in [0.3, 0.4) is 0 Å². The molecule has 0 radical (unpaired) electrons. The molecule has 1 aromatic rings. The van der Waals surface area contributed by atoms with Crippen molar-refractivity contribution >= 4 is 6.09 Å². The largest absolute Gasteiger partial charge is 0.448 e. The lowest BCUT2D eigenvalue weighted by atomic mass is 10.3. The molecule has 1 amide bonds. The minimum absolute atomic E-state index is 0.303. The standard InChI is InChI=1S/C10H15N3O2/c11-10(14)15-8-7-12-6-4-9-3-1-2-5-13-9/h1-3,5,12H,4,6-8H2,(H2,11,14). The molecule has 82 valence electrons. The Hall–Kier alpha value is -1.62.